The van der Waals surface area contributed by atoms with Gasteiger partial charge in [0.05, 0.1) is 15.7 Å². The molecule has 1 saturated heterocycles. The summed E-state index contributed by atoms with van der Waals surface area (Å²) in [7, 11) is 5.86. The number of nitrogens with zero attached hydrogens (tertiary/aromatic N) is 3. The molecule has 0 aromatic heterocycles. The van der Waals surface area contributed by atoms with E-state index in [1.54, 1.807) is 19.0 Å². The number of hydrogen-bond donors (Lipinski definition) is 1. The number of amides is 2. The van der Waals surface area contributed by atoms with Crippen molar-refractivity contribution in [2.45, 2.75) is 50.6 Å². The summed E-state index contributed by atoms with van der Waals surface area (Å²) >= 11 is 12.6. The second-order valence-electron chi connectivity index (χ2n) is 8.79. The zero-order chi connectivity index (χ0) is 21.0. The highest BCUT2D eigenvalue weighted by Gasteiger charge is 2.28. The minimum atomic E-state index is 0.0251. The van der Waals surface area contributed by atoms with Gasteiger partial charge in [0.2, 0.25) is 0 Å². The van der Waals surface area contributed by atoms with E-state index in [4.69, 9.17) is 23.2 Å². The molecular weight excluding hydrogens is 407 g/mol. The quantitative estimate of drug-likeness (QED) is 0.719. The van der Waals surface area contributed by atoms with Gasteiger partial charge in [-0.05, 0) is 63.6 Å². The van der Waals surface area contributed by atoms with Crippen molar-refractivity contribution in [3.8, 4) is 0 Å². The normalized spacial score (nSPS) is 23.3. The lowest BCUT2D eigenvalue weighted by molar-refractivity contribution is 0.152. The van der Waals surface area contributed by atoms with Gasteiger partial charge in [-0.25, -0.2) is 4.79 Å². The van der Waals surface area contributed by atoms with E-state index in [2.05, 4.69) is 28.2 Å². The Bertz CT molecular complexity index is 683. The van der Waals surface area contributed by atoms with Crippen LogP contribution in [-0.4, -0.2) is 68.7 Å². The molecule has 2 amide bonds. The monoisotopic (exact) mass is 440 g/mol. The average Bonchev–Trinajstić information content (AvgIpc) is 2.71. The Morgan fingerprint density at radius 2 is 1.72 bits per heavy atom. The van der Waals surface area contributed by atoms with Crippen LogP contribution in [-0.2, 0) is 0 Å². The summed E-state index contributed by atoms with van der Waals surface area (Å²) in [6.45, 7) is 3.17. The number of urea groups is 1. The SMILES string of the molecule is CN(C)C(=O)NC1CCC(CN(C)C2CCN(c3cccc(Cl)c3Cl)CC2)CC1. The number of hydrogen-bond acceptors (Lipinski definition) is 3. The highest BCUT2D eigenvalue weighted by atomic mass is 35.5. The number of anilines is 1. The molecule has 29 heavy (non-hydrogen) atoms. The fourth-order valence-corrected chi connectivity index (χ4v) is 5.05. The van der Waals surface area contributed by atoms with Crippen LogP contribution in [0.3, 0.4) is 0 Å². The van der Waals surface area contributed by atoms with Crippen LogP contribution < -0.4 is 10.2 Å². The van der Waals surface area contributed by atoms with Gasteiger partial charge in [-0.1, -0.05) is 29.3 Å². The van der Waals surface area contributed by atoms with E-state index in [1.165, 1.54) is 12.8 Å². The van der Waals surface area contributed by atoms with Gasteiger partial charge >= 0.3 is 6.03 Å². The predicted molar refractivity (Wildman–Crippen MR) is 122 cm³/mol. The standard InChI is InChI=1S/C22H34Cl2N4O/c1-26(2)22(29)25-17-9-7-16(8-10-17)15-27(3)18-11-13-28(14-12-18)20-6-4-5-19(23)21(20)24/h4-6,16-18H,7-15H2,1-3H3,(H,25,29). The van der Waals surface area contributed by atoms with E-state index in [1.807, 2.05) is 12.1 Å². The second kappa shape index (κ2) is 10.2. The van der Waals surface area contributed by atoms with Crippen molar-refractivity contribution in [1.82, 2.24) is 15.1 Å². The van der Waals surface area contributed by atoms with Gasteiger partial charge in [0.15, 0.2) is 0 Å². The van der Waals surface area contributed by atoms with Gasteiger partial charge in [0.1, 0.15) is 0 Å². The number of benzene rings is 1. The Morgan fingerprint density at radius 1 is 1.07 bits per heavy atom. The summed E-state index contributed by atoms with van der Waals surface area (Å²) in [5.41, 5.74) is 1.05. The van der Waals surface area contributed by atoms with Crippen molar-refractivity contribution in [1.29, 1.82) is 0 Å². The van der Waals surface area contributed by atoms with Crippen molar-refractivity contribution in [3.63, 3.8) is 0 Å². The second-order valence-corrected chi connectivity index (χ2v) is 9.58. The predicted octanol–water partition coefficient (Wildman–Crippen LogP) is 4.72. The molecule has 1 aliphatic carbocycles. The van der Waals surface area contributed by atoms with Crippen molar-refractivity contribution < 1.29 is 4.79 Å². The first-order valence-electron chi connectivity index (χ1n) is 10.7. The molecule has 3 rings (SSSR count). The molecule has 0 unspecified atom stereocenters. The van der Waals surface area contributed by atoms with Crippen molar-refractivity contribution in [2.24, 2.45) is 5.92 Å². The molecule has 2 fully saturated rings. The van der Waals surface area contributed by atoms with Crippen LogP contribution in [0.1, 0.15) is 38.5 Å². The molecule has 0 radical (unpaired) electrons. The molecule has 1 aromatic rings. The minimum Gasteiger partial charge on any atom is -0.370 e. The topological polar surface area (TPSA) is 38.8 Å². The van der Waals surface area contributed by atoms with Gasteiger partial charge < -0.3 is 20.0 Å². The molecule has 1 saturated carbocycles. The third-order valence-electron chi connectivity index (χ3n) is 6.49. The first kappa shape index (κ1) is 22.5. The zero-order valence-corrected chi connectivity index (χ0v) is 19.3. The van der Waals surface area contributed by atoms with E-state index >= 15 is 0 Å². The van der Waals surface area contributed by atoms with Gasteiger partial charge in [0, 0.05) is 45.8 Å². The van der Waals surface area contributed by atoms with Crippen molar-refractivity contribution in [3.05, 3.63) is 28.2 Å². The molecule has 1 aromatic carbocycles. The van der Waals surface area contributed by atoms with E-state index < -0.39 is 0 Å². The Kier molecular flexibility index (Phi) is 7.94. The van der Waals surface area contributed by atoms with E-state index in [0.717, 1.165) is 56.9 Å². The van der Waals surface area contributed by atoms with Crippen LogP contribution in [0.25, 0.3) is 0 Å². The molecule has 2 aliphatic rings. The maximum atomic E-state index is 11.8. The lowest BCUT2D eigenvalue weighted by Gasteiger charge is -2.40. The first-order chi connectivity index (χ1) is 13.8. The number of halogens is 2. The van der Waals surface area contributed by atoms with Crippen LogP contribution in [0.5, 0.6) is 0 Å². The van der Waals surface area contributed by atoms with Crippen molar-refractivity contribution >= 4 is 34.9 Å². The van der Waals surface area contributed by atoms with Crippen LogP contribution in [0, 0.1) is 5.92 Å². The summed E-state index contributed by atoms with van der Waals surface area (Å²) in [5.74, 6) is 0.730. The minimum absolute atomic E-state index is 0.0251. The molecule has 1 aliphatic heterocycles. The van der Waals surface area contributed by atoms with Gasteiger partial charge in [0.25, 0.3) is 0 Å². The highest BCUT2D eigenvalue weighted by Crippen LogP contribution is 2.34. The van der Waals surface area contributed by atoms with Crippen LogP contribution >= 0.6 is 23.2 Å². The number of piperidine rings is 1. The van der Waals surface area contributed by atoms with Crippen LogP contribution in [0.15, 0.2) is 18.2 Å². The Balaban J connectivity index is 1.42. The molecular formula is C22H34Cl2N4O. The lowest BCUT2D eigenvalue weighted by atomic mass is 9.85. The first-order valence-corrected chi connectivity index (χ1v) is 11.5. The highest BCUT2D eigenvalue weighted by molar-refractivity contribution is 6.43. The maximum Gasteiger partial charge on any atom is 0.317 e. The van der Waals surface area contributed by atoms with E-state index in [9.17, 15) is 4.79 Å². The number of carbonyl (C=O) groups excluding carboxylic acids is 1. The summed E-state index contributed by atoms with van der Waals surface area (Å²) in [6.07, 6.45) is 6.86. The van der Waals surface area contributed by atoms with Gasteiger partial charge in [-0.2, -0.15) is 0 Å². The van der Waals surface area contributed by atoms with E-state index in [0.29, 0.717) is 22.1 Å². The van der Waals surface area contributed by atoms with Gasteiger partial charge in [-0.15, -0.1) is 0 Å². The zero-order valence-electron chi connectivity index (χ0n) is 17.8. The number of carbonyl (C=O) groups is 1. The fraction of sp³-hybridized carbons (Fsp3) is 0.682. The van der Waals surface area contributed by atoms with E-state index in [-0.39, 0.29) is 6.03 Å². The third kappa shape index (κ3) is 5.93. The Hall–Kier alpha value is -1.17. The molecule has 0 atom stereocenters. The summed E-state index contributed by atoms with van der Waals surface area (Å²) in [6, 6.07) is 6.85. The van der Waals surface area contributed by atoms with Crippen LogP contribution in [0.4, 0.5) is 10.5 Å². The maximum absolute atomic E-state index is 11.8. The molecule has 1 N–H and O–H groups in total. The smallest absolute Gasteiger partial charge is 0.317 e. The summed E-state index contributed by atoms with van der Waals surface area (Å²) in [5, 5.41) is 4.42. The number of nitrogens with one attached hydrogen (secondary N) is 1. The number of rotatable bonds is 5. The Morgan fingerprint density at radius 3 is 2.34 bits per heavy atom. The van der Waals surface area contributed by atoms with Crippen molar-refractivity contribution in [2.75, 3.05) is 45.7 Å². The lowest BCUT2D eigenvalue weighted by Crippen LogP contribution is -2.46. The molecule has 1 heterocycles. The molecule has 0 bridgehead atoms. The average molecular weight is 441 g/mol. The fourth-order valence-electron chi connectivity index (χ4n) is 4.63. The molecule has 7 heteroatoms. The largest absolute Gasteiger partial charge is 0.370 e. The summed E-state index contributed by atoms with van der Waals surface area (Å²) in [4.78, 5) is 18.4. The van der Waals surface area contributed by atoms with Crippen LogP contribution in [0.2, 0.25) is 10.0 Å². The summed E-state index contributed by atoms with van der Waals surface area (Å²) < 4.78 is 0. The Labute approximate surface area is 185 Å². The van der Waals surface area contributed by atoms with Gasteiger partial charge in [-0.3, -0.25) is 0 Å². The third-order valence-corrected chi connectivity index (χ3v) is 7.30. The molecule has 162 valence electrons. The molecule has 0 spiro atoms. The molecule has 5 nitrogen and oxygen atoms in total.